The summed E-state index contributed by atoms with van der Waals surface area (Å²) in [6.45, 7) is 0. The van der Waals surface area contributed by atoms with E-state index in [-0.39, 0.29) is 5.97 Å². The Morgan fingerprint density at radius 2 is 2.38 bits per heavy atom. The maximum atomic E-state index is 11.2. The van der Waals surface area contributed by atoms with Gasteiger partial charge in [-0.2, -0.15) is 0 Å². The first-order valence-corrected chi connectivity index (χ1v) is 3.73. The first kappa shape index (κ1) is 7.79. The summed E-state index contributed by atoms with van der Waals surface area (Å²) in [7, 11) is 1.34. The first-order valence-electron chi connectivity index (χ1n) is 3.73. The zero-order valence-corrected chi connectivity index (χ0v) is 6.98. The number of hydrogen-bond donors (Lipinski definition) is 0. The molecule has 4 nitrogen and oxygen atoms in total. The number of pyridine rings is 1. The molecule has 2 aromatic heterocycles. The van der Waals surface area contributed by atoms with Gasteiger partial charge in [0.2, 0.25) is 5.71 Å². The van der Waals surface area contributed by atoms with Crippen molar-refractivity contribution in [3.8, 4) is 0 Å². The fraction of sp³-hybridized carbons (Fsp3) is 0.111. The molecule has 0 saturated carbocycles. The lowest BCUT2D eigenvalue weighted by atomic mass is 10.2. The minimum absolute atomic E-state index is 0.381. The van der Waals surface area contributed by atoms with Crippen molar-refractivity contribution in [1.82, 2.24) is 4.98 Å². The van der Waals surface area contributed by atoms with Crippen LogP contribution in [-0.4, -0.2) is 18.1 Å². The normalized spacial score (nSPS) is 10.2. The van der Waals surface area contributed by atoms with Crippen LogP contribution in [0.3, 0.4) is 0 Å². The second-order valence-electron chi connectivity index (χ2n) is 2.49. The highest BCUT2D eigenvalue weighted by atomic mass is 16.5. The van der Waals surface area contributed by atoms with Gasteiger partial charge in [0.05, 0.1) is 24.3 Å². The van der Waals surface area contributed by atoms with Gasteiger partial charge < -0.3 is 9.15 Å². The van der Waals surface area contributed by atoms with Crippen molar-refractivity contribution in [2.75, 3.05) is 7.11 Å². The summed E-state index contributed by atoms with van der Waals surface area (Å²) in [5, 5.41) is 0.675. The summed E-state index contributed by atoms with van der Waals surface area (Å²) in [6.07, 6.45) is 3.00. The number of fused-ring (bicyclic) bond motifs is 1. The first-order chi connectivity index (χ1) is 6.33. The van der Waals surface area contributed by atoms with Gasteiger partial charge in [-0.1, -0.05) is 0 Å². The van der Waals surface area contributed by atoms with E-state index in [2.05, 4.69) is 9.72 Å². The predicted octanol–water partition coefficient (Wildman–Crippen LogP) is 1.61. The Morgan fingerprint density at radius 3 is 3.15 bits per heavy atom. The van der Waals surface area contributed by atoms with E-state index in [1.54, 1.807) is 12.1 Å². The summed E-state index contributed by atoms with van der Waals surface area (Å²) in [4.78, 5) is 15.2. The lowest BCUT2D eigenvalue weighted by molar-refractivity contribution is 0.0603. The van der Waals surface area contributed by atoms with E-state index >= 15 is 0 Å². The number of carbonyl (C=O) groups excluding carboxylic acids is 1. The van der Waals surface area contributed by atoms with Crippen LogP contribution in [0.1, 0.15) is 10.4 Å². The third-order valence-electron chi connectivity index (χ3n) is 1.77. The summed E-state index contributed by atoms with van der Waals surface area (Å²) >= 11 is 0. The summed E-state index contributed by atoms with van der Waals surface area (Å²) in [5.41, 5.74) is 0.921. The number of esters is 1. The van der Waals surface area contributed by atoms with Gasteiger partial charge in [-0.05, 0) is 12.1 Å². The molecule has 0 aromatic carbocycles. The largest absolute Gasteiger partial charge is 0.465 e. The third kappa shape index (κ3) is 1.16. The van der Waals surface area contributed by atoms with Gasteiger partial charge in [0.15, 0.2) is 0 Å². The minimum atomic E-state index is -0.381. The van der Waals surface area contributed by atoms with Crippen LogP contribution in [0, 0.1) is 0 Å². The molecular weight excluding hydrogens is 170 g/mol. The number of nitrogens with zero attached hydrogens (tertiary/aromatic N) is 1. The standard InChI is InChI=1S/C9H7NO3/c1-12-9(11)7-2-4-10-8-6(7)3-5-13-8/h2-5H,1H3. The van der Waals surface area contributed by atoms with E-state index < -0.39 is 0 Å². The maximum absolute atomic E-state index is 11.2. The number of methoxy groups -OCH3 is 1. The summed E-state index contributed by atoms with van der Waals surface area (Å²) in [6, 6.07) is 3.29. The average molecular weight is 177 g/mol. The Morgan fingerprint density at radius 1 is 1.54 bits per heavy atom. The van der Waals surface area contributed by atoms with E-state index in [0.29, 0.717) is 16.7 Å². The highest BCUT2D eigenvalue weighted by Crippen LogP contribution is 2.17. The molecule has 0 unspecified atom stereocenters. The zero-order valence-electron chi connectivity index (χ0n) is 6.98. The van der Waals surface area contributed by atoms with E-state index in [4.69, 9.17) is 4.42 Å². The molecule has 0 atom stereocenters. The van der Waals surface area contributed by atoms with Crippen LogP contribution in [0.2, 0.25) is 0 Å². The number of aromatic nitrogens is 1. The molecule has 0 aliphatic carbocycles. The molecule has 2 heterocycles. The van der Waals surface area contributed by atoms with Crippen molar-refractivity contribution in [2.24, 2.45) is 0 Å². The highest BCUT2D eigenvalue weighted by molar-refractivity contribution is 6.01. The highest BCUT2D eigenvalue weighted by Gasteiger charge is 2.11. The number of hydrogen-bond acceptors (Lipinski definition) is 4. The SMILES string of the molecule is COC(=O)c1ccnc2occc12. The Labute approximate surface area is 74.1 Å². The maximum Gasteiger partial charge on any atom is 0.338 e. The van der Waals surface area contributed by atoms with Gasteiger partial charge in [-0.25, -0.2) is 9.78 Å². The number of ether oxygens (including phenoxy) is 1. The molecule has 0 amide bonds. The van der Waals surface area contributed by atoms with Crippen LogP contribution in [0.15, 0.2) is 29.0 Å². The van der Waals surface area contributed by atoms with E-state index in [1.165, 1.54) is 19.6 Å². The van der Waals surface area contributed by atoms with Crippen LogP contribution < -0.4 is 0 Å². The molecule has 2 rings (SSSR count). The van der Waals surface area contributed by atoms with Crippen LogP contribution in [-0.2, 0) is 4.74 Å². The monoisotopic (exact) mass is 177 g/mol. The van der Waals surface area contributed by atoms with E-state index in [0.717, 1.165) is 0 Å². The van der Waals surface area contributed by atoms with Crippen LogP contribution in [0.25, 0.3) is 11.1 Å². The lowest BCUT2D eigenvalue weighted by Crippen LogP contribution is -2.01. The van der Waals surface area contributed by atoms with Crippen molar-refractivity contribution in [2.45, 2.75) is 0 Å². The summed E-state index contributed by atoms with van der Waals surface area (Å²) < 4.78 is 9.64. The fourth-order valence-corrected chi connectivity index (χ4v) is 1.16. The van der Waals surface area contributed by atoms with Gasteiger partial charge in [0.25, 0.3) is 0 Å². The number of furan rings is 1. The fourth-order valence-electron chi connectivity index (χ4n) is 1.16. The number of rotatable bonds is 1. The molecule has 0 bridgehead atoms. The third-order valence-corrected chi connectivity index (χ3v) is 1.77. The lowest BCUT2D eigenvalue weighted by Gasteiger charge is -1.98. The van der Waals surface area contributed by atoms with Gasteiger partial charge in [-0.15, -0.1) is 0 Å². The Hall–Kier alpha value is -1.84. The topological polar surface area (TPSA) is 52.3 Å². The van der Waals surface area contributed by atoms with E-state index in [1.807, 2.05) is 0 Å². The Balaban J connectivity index is 2.67. The molecular formula is C9H7NO3. The van der Waals surface area contributed by atoms with Gasteiger partial charge >= 0.3 is 5.97 Å². The van der Waals surface area contributed by atoms with Gasteiger partial charge in [-0.3, -0.25) is 0 Å². The Bertz CT molecular complexity index is 447. The van der Waals surface area contributed by atoms with Crippen molar-refractivity contribution in [1.29, 1.82) is 0 Å². The van der Waals surface area contributed by atoms with Crippen LogP contribution >= 0.6 is 0 Å². The molecule has 0 N–H and O–H groups in total. The molecule has 2 aromatic rings. The van der Waals surface area contributed by atoms with Crippen molar-refractivity contribution < 1.29 is 13.9 Å². The molecule has 0 saturated heterocycles. The second kappa shape index (κ2) is 2.90. The Kier molecular flexibility index (Phi) is 1.73. The smallest absolute Gasteiger partial charge is 0.338 e. The van der Waals surface area contributed by atoms with Gasteiger partial charge in [0.1, 0.15) is 0 Å². The minimum Gasteiger partial charge on any atom is -0.465 e. The molecule has 13 heavy (non-hydrogen) atoms. The van der Waals surface area contributed by atoms with Crippen molar-refractivity contribution >= 4 is 17.1 Å². The molecule has 0 radical (unpaired) electrons. The molecule has 0 spiro atoms. The second-order valence-corrected chi connectivity index (χ2v) is 2.49. The van der Waals surface area contributed by atoms with Crippen LogP contribution in [0.5, 0.6) is 0 Å². The zero-order chi connectivity index (χ0) is 9.26. The van der Waals surface area contributed by atoms with Gasteiger partial charge in [0, 0.05) is 6.20 Å². The molecule has 66 valence electrons. The van der Waals surface area contributed by atoms with Crippen LogP contribution in [0.4, 0.5) is 0 Å². The molecule has 4 heteroatoms. The average Bonchev–Trinajstić information content (AvgIpc) is 2.63. The van der Waals surface area contributed by atoms with E-state index in [9.17, 15) is 4.79 Å². The molecule has 0 fully saturated rings. The van der Waals surface area contributed by atoms with Crippen molar-refractivity contribution in [3.05, 3.63) is 30.2 Å². The number of carbonyl (C=O) groups is 1. The predicted molar refractivity (Wildman–Crippen MR) is 45.3 cm³/mol. The summed E-state index contributed by atoms with van der Waals surface area (Å²) in [5.74, 6) is -0.381. The molecule has 0 aliphatic rings. The molecule has 0 aliphatic heterocycles. The quantitative estimate of drug-likeness (QED) is 0.621. The van der Waals surface area contributed by atoms with Crippen molar-refractivity contribution in [3.63, 3.8) is 0 Å².